The van der Waals surface area contributed by atoms with Crippen molar-refractivity contribution >= 4 is 39.4 Å². The van der Waals surface area contributed by atoms with Crippen LogP contribution in [0.1, 0.15) is 36.5 Å². The van der Waals surface area contributed by atoms with Gasteiger partial charge in [0.05, 0.1) is 18.1 Å². The number of benzene rings is 2. The molecule has 1 aliphatic rings. The second kappa shape index (κ2) is 11.9. The summed E-state index contributed by atoms with van der Waals surface area (Å²) in [4.78, 5) is 13.2. The minimum atomic E-state index is -4.15. The number of nitrogens with one attached hydrogen (secondary N) is 2. The Hall–Kier alpha value is -3.86. The molecule has 0 atom stereocenters. The van der Waals surface area contributed by atoms with Gasteiger partial charge >= 0.3 is 5.97 Å². The van der Waals surface area contributed by atoms with Crippen molar-refractivity contribution in [3.05, 3.63) is 65.2 Å². The molecule has 198 valence electrons. The molecule has 0 spiro atoms. The molecule has 11 heteroatoms. The number of carboxylic acid groups (broad SMARTS) is 1. The van der Waals surface area contributed by atoms with Gasteiger partial charge in [-0.05, 0) is 55.3 Å². The smallest absolute Gasteiger partial charge is 0.320 e. The Labute approximate surface area is 217 Å². The van der Waals surface area contributed by atoms with Crippen LogP contribution in [0.3, 0.4) is 0 Å². The number of sulfonamides is 1. The highest BCUT2D eigenvalue weighted by Gasteiger charge is 2.25. The number of aliphatic carboxylic acids is 1. The fraction of sp³-hybridized carbons (Fsp3) is 0.346. The molecule has 0 aliphatic carbocycles. The zero-order valence-electron chi connectivity index (χ0n) is 21.0. The number of piperidine rings is 1. The van der Waals surface area contributed by atoms with E-state index in [1.165, 1.54) is 0 Å². The Bertz CT molecular complexity index is 1280. The van der Waals surface area contributed by atoms with Crippen molar-refractivity contribution in [1.29, 1.82) is 10.8 Å². The molecule has 0 unspecified atom stereocenters. The molecule has 1 saturated heterocycles. The van der Waals surface area contributed by atoms with Crippen LogP contribution in [-0.4, -0.2) is 67.6 Å². The zero-order chi connectivity index (χ0) is 27.2. The number of nitrogen functional groups attached to an aromatic ring is 1. The summed E-state index contributed by atoms with van der Waals surface area (Å²) in [6.45, 7) is 5.07. The van der Waals surface area contributed by atoms with Crippen LogP contribution in [-0.2, 0) is 14.8 Å². The fourth-order valence-electron chi connectivity index (χ4n) is 4.07. The summed E-state index contributed by atoms with van der Waals surface area (Å²) in [5.41, 5.74) is 8.14. The maximum Gasteiger partial charge on any atom is 0.320 e. The Balaban J connectivity index is 1.77. The number of hydrogen-bond donors (Lipinski definition) is 4. The number of amidine groups is 2. The minimum Gasteiger partial charge on any atom is -0.490 e. The van der Waals surface area contributed by atoms with Gasteiger partial charge in [0.25, 0.3) is 0 Å². The highest BCUT2D eigenvalue weighted by Crippen LogP contribution is 2.25. The molecule has 37 heavy (non-hydrogen) atoms. The van der Waals surface area contributed by atoms with Crippen LogP contribution in [0.15, 0.2) is 48.5 Å². The van der Waals surface area contributed by atoms with Gasteiger partial charge in [-0.15, -0.1) is 0 Å². The van der Waals surface area contributed by atoms with Gasteiger partial charge in [0.15, 0.2) is 5.75 Å². The maximum absolute atomic E-state index is 12.9. The molecule has 0 aromatic heterocycles. The molecular formula is C26H33N5O5S. The molecule has 10 nitrogen and oxygen atoms in total. The molecule has 0 amide bonds. The maximum atomic E-state index is 12.9. The number of carbonyl (C=O) groups is 1. The monoisotopic (exact) mass is 527 g/mol. The van der Waals surface area contributed by atoms with E-state index in [-0.39, 0.29) is 18.5 Å². The summed E-state index contributed by atoms with van der Waals surface area (Å²) in [5.74, 6) is -1.41. The topological polar surface area (TPSA) is 161 Å². The van der Waals surface area contributed by atoms with Gasteiger partial charge in [-0.2, -0.15) is 0 Å². The molecular weight excluding hydrogens is 494 g/mol. The molecule has 0 radical (unpaired) electrons. The molecule has 1 aliphatic heterocycles. The molecule has 5 N–H and O–H groups in total. The van der Waals surface area contributed by atoms with Crippen molar-refractivity contribution in [2.45, 2.75) is 32.8 Å². The van der Waals surface area contributed by atoms with Gasteiger partial charge in [0.2, 0.25) is 10.0 Å². The van der Waals surface area contributed by atoms with E-state index in [0.717, 1.165) is 41.4 Å². The predicted molar refractivity (Wildman–Crippen MR) is 145 cm³/mol. The first-order chi connectivity index (χ1) is 17.5. The lowest BCUT2D eigenvalue weighted by Crippen LogP contribution is -2.40. The summed E-state index contributed by atoms with van der Waals surface area (Å²) >= 11 is 0. The molecule has 2 aromatic rings. The normalized spacial score (nSPS) is 14.5. The van der Waals surface area contributed by atoms with E-state index in [4.69, 9.17) is 26.4 Å². The first kappa shape index (κ1) is 27.7. The Kier molecular flexibility index (Phi) is 8.93. The summed E-state index contributed by atoms with van der Waals surface area (Å²) in [6.07, 6.45) is 4.93. The Morgan fingerprint density at radius 1 is 1.19 bits per heavy atom. The summed E-state index contributed by atoms with van der Waals surface area (Å²) in [6, 6.07) is 11.9. The van der Waals surface area contributed by atoms with Crippen LogP contribution in [0.2, 0.25) is 0 Å². The molecule has 1 fully saturated rings. The average molecular weight is 528 g/mol. The van der Waals surface area contributed by atoms with E-state index in [1.54, 1.807) is 55.5 Å². The van der Waals surface area contributed by atoms with Crippen molar-refractivity contribution in [3.8, 4) is 5.75 Å². The van der Waals surface area contributed by atoms with Crippen LogP contribution >= 0.6 is 0 Å². The van der Waals surface area contributed by atoms with E-state index < -0.39 is 21.7 Å². The van der Waals surface area contributed by atoms with E-state index in [9.17, 15) is 13.2 Å². The lowest BCUT2D eigenvalue weighted by molar-refractivity contribution is -0.134. The average Bonchev–Trinajstić information content (AvgIpc) is 2.83. The van der Waals surface area contributed by atoms with Gasteiger partial charge in [-0.25, -0.2) is 8.42 Å². The van der Waals surface area contributed by atoms with Crippen LogP contribution in [0.25, 0.3) is 6.08 Å². The third kappa shape index (κ3) is 7.56. The third-order valence-electron chi connectivity index (χ3n) is 6.14. The SMILES string of the molecule is CC(=N)N1CCC(Oc2ccc(N(CC=Cc3cc(C(=N)N)ccc3C)S(=O)(=O)CC(=O)O)cc2)CC1. The minimum absolute atomic E-state index is 0.00485. The molecule has 0 bridgehead atoms. The standard InChI is InChI=1S/C26H33N5O5S/c1-18-5-6-21(26(28)29)16-20(18)4-3-13-31(37(34,35)17-25(32)33)22-7-9-23(10-8-22)36-24-11-14-30(15-12-24)19(2)27/h3-10,16,24,27H,11-15,17H2,1-2H3,(H3,28,29)(H,32,33). The van der Waals surface area contributed by atoms with E-state index >= 15 is 0 Å². The van der Waals surface area contributed by atoms with Crippen molar-refractivity contribution in [2.75, 3.05) is 29.7 Å². The van der Waals surface area contributed by atoms with Crippen molar-refractivity contribution in [1.82, 2.24) is 4.90 Å². The lowest BCUT2D eigenvalue weighted by Gasteiger charge is -2.32. The highest BCUT2D eigenvalue weighted by atomic mass is 32.2. The number of anilines is 1. The number of rotatable bonds is 10. The first-order valence-electron chi connectivity index (χ1n) is 11.9. The number of hydrogen-bond acceptors (Lipinski definition) is 6. The van der Waals surface area contributed by atoms with Gasteiger partial charge in [-0.1, -0.05) is 24.3 Å². The van der Waals surface area contributed by atoms with Crippen LogP contribution < -0.4 is 14.8 Å². The van der Waals surface area contributed by atoms with Crippen LogP contribution in [0.4, 0.5) is 5.69 Å². The van der Waals surface area contributed by atoms with E-state index in [2.05, 4.69) is 0 Å². The quantitative estimate of drug-likeness (QED) is 0.273. The number of nitrogens with two attached hydrogens (primary N) is 1. The fourth-order valence-corrected chi connectivity index (χ4v) is 5.29. The van der Waals surface area contributed by atoms with E-state index in [1.807, 2.05) is 17.9 Å². The van der Waals surface area contributed by atoms with Crippen molar-refractivity contribution in [3.63, 3.8) is 0 Å². The van der Waals surface area contributed by atoms with Crippen LogP contribution in [0, 0.1) is 17.7 Å². The number of ether oxygens (including phenoxy) is 1. The second-order valence-electron chi connectivity index (χ2n) is 8.95. The largest absolute Gasteiger partial charge is 0.490 e. The molecule has 2 aromatic carbocycles. The lowest BCUT2D eigenvalue weighted by atomic mass is 10.0. The van der Waals surface area contributed by atoms with E-state index in [0.29, 0.717) is 22.8 Å². The number of nitrogens with zero attached hydrogens (tertiary/aromatic N) is 2. The predicted octanol–water partition coefficient (Wildman–Crippen LogP) is 3.05. The molecule has 3 rings (SSSR count). The Morgan fingerprint density at radius 2 is 1.84 bits per heavy atom. The van der Waals surface area contributed by atoms with Gasteiger partial charge < -0.3 is 20.5 Å². The van der Waals surface area contributed by atoms with Crippen molar-refractivity contribution in [2.24, 2.45) is 5.73 Å². The second-order valence-corrected chi connectivity index (χ2v) is 10.8. The number of carboxylic acids is 1. The Morgan fingerprint density at radius 3 is 2.41 bits per heavy atom. The van der Waals surface area contributed by atoms with Gasteiger partial charge in [0.1, 0.15) is 17.7 Å². The van der Waals surface area contributed by atoms with Crippen LogP contribution in [0.5, 0.6) is 5.75 Å². The van der Waals surface area contributed by atoms with Gasteiger partial charge in [-0.3, -0.25) is 19.9 Å². The summed E-state index contributed by atoms with van der Waals surface area (Å²) < 4.78 is 32.9. The molecule has 0 saturated carbocycles. The molecule has 1 heterocycles. The summed E-state index contributed by atoms with van der Waals surface area (Å²) in [5, 5.41) is 24.5. The van der Waals surface area contributed by atoms with Gasteiger partial charge in [0, 0.05) is 31.5 Å². The zero-order valence-corrected chi connectivity index (χ0v) is 21.8. The third-order valence-corrected chi connectivity index (χ3v) is 7.79. The number of likely N-dealkylation sites (tertiary alicyclic amines) is 1. The first-order valence-corrected chi connectivity index (χ1v) is 13.5. The number of aryl methyl sites for hydroxylation is 1. The van der Waals surface area contributed by atoms with Crippen molar-refractivity contribution < 1.29 is 23.1 Å². The summed E-state index contributed by atoms with van der Waals surface area (Å²) in [7, 11) is -4.15. The highest BCUT2D eigenvalue weighted by molar-refractivity contribution is 7.93.